The highest BCUT2D eigenvalue weighted by molar-refractivity contribution is 5.83. The van der Waals surface area contributed by atoms with E-state index in [9.17, 15) is 25.4 Å². The number of methoxy groups -OCH3 is 1. The summed E-state index contributed by atoms with van der Waals surface area (Å²) in [5.41, 5.74) is 4.14. The van der Waals surface area contributed by atoms with Gasteiger partial charge in [-0.1, -0.05) is 6.92 Å². The first-order valence-corrected chi connectivity index (χ1v) is 10.2. The van der Waals surface area contributed by atoms with Gasteiger partial charge in [0.2, 0.25) is 11.8 Å². The first-order valence-electron chi connectivity index (χ1n) is 10.2. The number of hydrogen-bond acceptors (Lipinski definition) is 9. The molecule has 0 atom stereocenters. The molecule has 0 saturated carbocycles. The number of benzene rings is 1. The van der Waals surface area contributed by atoms with Crippen molar-refractivity contribution in [1.82, 2.24) is 15.4 Å². The van der Waals surface area contributed by atoms with Crippen LogP contribution in [0.2, 0.25) is 0 Å². The summed E-state index contributed by atoms with van der Waals surface area (Å²) in [5, 5.41) is 32.1. The number of nitro groups is 2. The molecule has 176 valence electrons. The Balaban J connectivity index is 1.82. The highest BCUT2D eigenvalue weighted by atomic mass is 16.6. The van der Waals surface area contributed by atoms with Crippen LogP contribution in [0.15, 0.2) is 29.3 Å². The minimum absolute atomic E-state index is 0.200. The van der Waals surface area contributed by atoms with Gasteiger partial charge in [0.15, 0.2) is 0 Å². The number of nitrogens with zero attached hydrogens (tertiary/aromatic N) is 6. The van der Waals surface area contributed by atoms with Gasteiger partial charge in [-0.25, -0.2) is 15.5 Å². The molecule has 3 rings (SSSR count). The van der Waals surface area contributed by atoms with Crippen LogP contribution in [0.4, 0.5) is 22.7 Å². The van der Waals surface area contributed by atoms with Crippen molar-refractivity contribution in [1.29, 1.82) is 0 Å². The number of piperazine rings is 1. The zero-order valence-electron chi connectivity index (χ0n) is 18.5. The van der Waals surface area contributed by atoms with Crippen LogP contribution in [-0.4, -0.2) is 64.2 Å². The fourth-order valence-corrected chi connectivity index (χ4v) is 3.63. The van der Waals surface area contributed by atoms with Gasteiger partial charge in [-0.2, -0.15) is 0 Å². The number of non-ortho nitro benzene ring substituents is 2. The van der Waals surface area contributed by atoms with Crippen molar-refractivity contribution in [3.63, 3.8) is 0 Å². The van der Waals surface area contributed by atoms with Crippen molar-refractivity contribution in [2.24, 2.45) is 4.99 Å². The van der Waals surface area contributed by atoms with Crippen LogP contribution in [0, 0.1) is 27.2 Å². The molecule has 1 fully saturated rings. The smallest absolute Gasteiger partial charge is 0.278 e. The number of hydroxylamine groups is 1. The number of nitro benzene ring substituents is 2. The molecular weight excluding hydrogens is 434 g/mol. The van der Waals surface area contributed by atoms with Gasteiger partial charge in [-0.05, 0) is 25.0 Å². The van der Waals surface area contributed by atoms with Gasteiger partial charge in [-0.15, -0.1) is 0 Å². The van der Waals surface area contributed by atoms with Crippen LogP contribution < -0.4 is 15.1 Å². The fourth-order valence-electron chi connectivity index (χ4n) is 3.63. The molecule has 33 heavy (non-hydrogen) atoms. The number of rotatable bonds is 6. The molecule has 2 heterocycles. The largest absolute Gasteiger partial charge is 0.479 e. The molecule has 0 radical (unpaired) electrons. The van der Waals surface area contributed by atoms with Crippen molar-refractivity contribution >= 4 is 28.7 Å². The third kappa shape index (κ3) is 5.26. The van der Waals surface area contributed by atoms with Gasteiger partial charge in [-0.3, -0.25) is 25.4 Å². The number of ether oxygens (including phenoxy) is 1. The number of aliphatic imine (C=N–C) groups is 1. The van der Waals surface area contributed by atoms with E-state index in [1.807, 2.05) is 24.8 Å². The predicted octanol–water partition coefficient (Wildman–Crippen LogP) is 2.57. The second kappa shape index (κ2) is 10.1. The second-order valence-electron chi connectivity index (χ2n) is 7.36. The first kappa shape index (κ1) is 23.7. The molecule has 0 amide bonds. The van der Waals surface area contributed by atoms with Gasteiger partial charge in [0.05, 0.1) is 28.7 Å². The summed E-state index contributed by atoms with van der Waals surface area (Å²) in [4.78, 5) is 33.6. The Morgan fingerprint density at radius 3 is 2.24 bits per heavy atom. The number of hydrogen-bond donors (Lipinski definition) is 2. The number of pyridine rings is 1. The van der Waals surface area contributed by atoms with E-state index in [1.165, 1.54) is 19.2 Å². The zero-order chi connectivity index (χ0) is 24.1. The van der Waals surface area contributed by atoms with Crippen molar-refractivity contribution in [3.05, 3.63) is 55.8 Å². The predicted molar refractivity (Wildman–Crippen MR) is 120 cm³/mol. The van der Waals surface area contributed by atoms with Crippen LogP contribution in [0.1, 0.15) is 18.2 Å². The maximum atomic E-state index is 11.2. The van der Waals surface area contributed by atoms with Crippen molar-refractivity contribution < 1.29 is 19.8 Å². The topological polar surface area (TPSA) is 160 Å². The summed E-state index contributed by atoms with van der Waals surface area (Å²) in [6, 6.07) is 5.43. The third-order valence-corrected chi connectivity index (χ3v) is 5.42. The third-order valence-electron chi connectivity index (χ3n) is 5.42. The average Bonchev–Trinajstić information content (AvgIpc) is 2.82. The molecule has 1 aromatic heterocycles. The molecular formula is C20H25N7O6. The number of aryl methyl sites for hydroxylation is 2. The summed E-state index contributed by atoms with van der Waals surface area (Å²) >= 11 is 0. The van der Waals surface area contributed by atoms with Crippen LogP contribution >= 0.6 is 0 Å². The molecule has 13 heteroatoms. The zero-order valence-corrected chi connectivity index (χ0v) is 18.5. The van der Waals surface area contributed by atoms with E-state index in [-0.39, 0.29) is 17.3 Å². The van der Waals surface area contributed by atoms with Crippen LogP contribution in [0.25, 0.3) is 0 Å². The molecule has 2 N–H and O–H groups in total. The Hall–Kier alpha value is -4.00. The van der Waals surface area contributed by atoms with E-state index < -0.39 is 9.85 Å². The summed E-state index contributed by atoms with van der Waals surface area (Å²) in [6.07, 6.45) is 0.765. The Kier molecular flexibility index (Phi) is 7.23. The van der Waals surface area contributed by atoms with Crippen LogP contribution in [0.3, 0.4) is 0 Å². The highest BCUT2D eigenvalue weighted by Crippen LogP contribution is 2.30. The SMILES string of the molecule is CCc1cc(N=C(NO)N2CCN(c3cc([N+](=O)[O-])cc([N+](=O)[O-])c3)CC2)c(OC)nc1C. The van der Waals surface area contributed by atoms with Gasteiger partial charge in [0.1, 0.15) is 5.69 Å². The minimum Gasteiger partial charge on any atom is -0.479 e. The maximum absolute atomic E-state index is 11.2. The standard InChI is InChI=1S/C20H25N7O6/c1-4-14-9-18(19(33-3)21-13(14)2)22-20(23-28)25-7-5-24(6-8-25)15-10-16(26(29)30)12-17(11-15)27(31)32/h9-12,28H,4-8H2,1-3H3,(H,22,23). The summed E-state index contributed by atoms with van der Waals surface area (Å²) in [7, 11) is 1.50. The summed E-state index contributed by atoms with van der Waals surface area (Å²) < 4.78 is 5.33. The van der Waals surface area contributed by atoms with Crippen LogP contribution in [0.5, 0.6) is 5.88 Å². The van der Waals surface area contributed by atoms with E-state index in [4.69, 9.17) is 4.74 Å². The van der Waals surface area contributed by atoms with E-state index in [1.54, 1.807) is 4.90 Å². The van der Waals surface area contributed by atoms with Crippen molar-refractivity contribution in [2.75, 3.05) is 38.2 Å². The minimum atomic E-state index is -0.652. The lowest BCUT2D eigenvalue weighted by molar-refractivity contribution is -0.394. The lowest BCUT2D eigenvalue weighted by Crippen LogP contribution is -2.52. The molecule has 0 bridgehead atoms. The fraction of sp³-hybridized carbons (Fsp3) is 0.400. The van der Waals surface area contributed by atoms with Gasteiger partial charge in [0, 0.05) is 44.0 Å². The Morgan fingerprint density at radius 2 is 1.76 bits per heavy atom. The van der Waals surface area contributed by atoms with Crippen molar-refractivity contribution in [2.45, 2.75) is 20.3 Å². The second-order valence-corrected chi connectivity index (χ2v) is 7.36. The number of anilines is 1. The van der Waals surface area contributed by atoms with E-state index in [2.05, 4.69) is 15.5 Å². The quantitative estimate of drug-likeness (QED) is 0.284. The average molecular weight is 459 g/mol. The Bertz CT molecular complexity index is 1050. The molecule has 1 aliphatic heterocycles. The maximum Gasteiger partial charge on any atom is 0.278 e. The Labute approximate surface area is 189 Å². The summed E-state index contributed by atoms with van der Waals surface area (Å²) in [5.74, 6) is 0.533. The molecule has 0 aliphatic carbocycles. The molecule has 0 unspecified atom stereocenters. The van der Waals surface area contributed by atoms with Crippen LogP contribution in [-0.2, 0) is 6.42 Å². The lowest BCUT2D eigenvalue weighted by atomic mass is 10.1. The molecule has 1 aliphatic rings. The van der Waals surface area contributed by atoms with E-state index >= 15 is 0 Å². The van der Waals surface area contributed by atoms with E-state index in [0.29, 0.717) is 43.4 Å². The molecule has 1 aromatic carbocycles. The number of guanidine groups is 1. The van der Waals surface area contributed by atoms with Gasteiger partial charge in [0.25, 0.3) is 11.4 Å². The monoisotopic (exact) mass is 459 g/mol. The molecule has 1 saturated heterocycles. The molecule has 2 aromatic rings. The highest BCUT2D eigenvalue weighted by Gasteiger charge is 2.24. The van der Waals surface area contributed by atoms with Crippen molar-refractivity contribution in [3.8, 4) is 5.88 Å². The molecule has 13 nitrogen and oxygen atoms in total. The lowest BCUT2D eigenvalue weighted by Gasteiger charge is -2.36. The first-order chi connectivity index (χ1) is 15.8. The number of nitrogens with one attached hydrogen (secondary N) is 1. The van der Waals surface area contributed by atoms with Gasteiger partial charge < -0.3 is 14.5 Å². The summed E-state index contributed by atoms with van der Waals surface area (Å²) in [6.45, 7) is 5.52. The molecule has 0 spiro atoms. The van der Waals surface area contributed by atoms with Gasteiger partial charge >= 0.3 is 0 Å². The number of aromatic nitrogens is 1. The normalized spacial score (nSPS) is 14.2. The van der Waals surface area contributed by atoms with E-state index in [0.717, 1.165) is 23.7 Å². The Morgan fingerprint density at radius 1 is 1.15 bits per heavy atom.